The van der Waals surface area contributed by atoms with Crippen LogP contribution in [0.2, 0.25) is 0 Å². The van der Waals surface area contributed by atoms with Crippen molar-refractivity contribution in [3.05, 3.63) is 162 Å². The van der Waals surface area contributed by atoms with Crippen LogP contribution < -0.4 is 0 Å². The SMILES string of the molecule is Cc1cc(C)c(-c2ccc(-c3c4ccccc4c(-c4ccc(-c5ccc(C)nc5)cc4)c4ccccc34)c3ccccc23)c(C)c1. The lowest BCUT2D eigenvalue weighted by Gasteiger charge is -2.20. The summed E-state index contributed by atoms with van der Waals surface area (Å²) in [5.41, 5.74) is 15.0. The molecule has 0 atom stereocenters. The summed E-state index contributed by atoms with van der Waals surface area (Å²) in [6.07, 6.45) is 1.96. The summed E-state index contributed by atoms with van der Waals surface area (Å²) in [6.45, 7) is 8.68. The predicted molar refractivity (Wildman–Crippen MR) is 197 cm³/mol. The van der Waals surface area contributed by atoms with Crippen molar-refractivity contribution in [3.8, 4) is 44.5 Å². The van der Waals surface area contributed by atoms with Crippen LogP contribution in [0.1, 0.15) is 22.4 Å². The van der Waals surface area contributed by atoms with E-state index in [1.807, 2.05) is 13.1 Å². The minimum absolute atomic E-state index is 1.03. The number of rotatable bonds is 4. The summed E-state index contributed by atoms with van der Waals surface area (Å²) in [6, 6.07) is 49.3. The molecule has 1 nitrogen and oxygen atoms in total. The zero-order valence-corrected chi connectivity index (χ0v) is 26.7. The van der Waals surface area contributed by atoms with Gasteiger partial charge in [0.15, 0.2) is 0 Å². The molecular formula is C45H35N. The van der Waals surface area contributed by atoms with Crippen LogP contribution in [-0.4, -0.2) is 4.98 Å². The van der Waals surface area contributed by atoms with Crippen molar-refractivity contribution >= 4 is 32.3 Å². The molecule has 0 saturated carbocycles. The van der Waals surface area contributed by atoms with Crippen LogP contribution in [0.4, 0.5) is 0 Å². The van der Waals surface area contributed by atoms with Gasteiger partial charge in [0.25, 0.3) is 0 Å². The third kappa shape index (κ3) is 4.59. The van der Waals surface area contributed by atoms with E-state index in [1.54, 1.807) is 0 Å². The van der Waals surface area contributed by atoms with E-state index in [-0.39, 0.29) is 0 Å². The zero-order valence-electron chi connectivity index (χ0n) is 26.7. The highest BCUT2D eigenvalue weighted by atomic mass is 14.7. The van der Waals surface area contributed by atoms with Gasteiger partial charge in [-0.25, -0.2) is 0 Å². The molecule has 0 N–H and O–H groups in total. The number of benzene rings is 7. The van der Waals surface area contributed by atoms with Crippen LogP contribution >= 0.6 is 0 Å². The molecule has 8 rings (SSSR count). The molecule has 0 saturated heterocycles. The first-order valence-corrected chi connectivity index (χ1v) is 16.0. The van der Waals surface area contributed by atoms with Crippen molar-refractivity contribution in [3.63, 3.8) is 0 Å². The number of fused-ring (bicyclic) bond motifs is 3. The Bertz CT molecular complexity index is 2350. The largest absolute Gasteiger partial charge is 0.261 e. The van der Waals surface area contributed by atoms with Crippen molar-refractivity contribution in [2.45, 2.75) is 27.7 Å². The lowest BCUT2D eigenvalue weighted by molar-refractivity contribution is 1.20. The molecule has 7 aromatic carbocycles. The normalized spacial score (nSPS) is 11.5. The highest BCUT2D eigenvalue weighted by Gasteiger charge is 2.19. The average Bonchev–Trinajstić information content (AvgIpc) is 3.07. The fourth-order valence-electron chi connectivity index (χ4n) is 7.54. The standard InChI is InChI=1S/C45H35N/c1-28-25-29(2)43(30(3)26-28)41-23-24-42(36-12-6-5-11-35(36)41)45-39-15-9-7-13-37(39)44(38-14-8-10-16-40(38)45)33-21-19-32(20-22-33)34-18-17-31(4)46-27-34/h5-27H,1-4H3. The van der Waals surface area contributed by atoms with E-state index in [9.17, 15) is 0 Å². The molecule has 46 heavy (non-hydrogen) atoms. The fourth-order valence-corrected chi connectivity index (χ4v) is 7.54. The van der Waals surface area contributed by atoms with Crippen molar-refractivity contribution in [1.29, 1.82) is 0 Å². The van der Waals surface area contributed by atoms with Gasteiger partial charge in [-0.15, -0.1) is 0 Å². The van der Waals surface area contributed by atoms with Gasteiger partial charge in [0.2, 0.25) is 0 Å². The number of nitrogens with zero attached hydrogens (tertiary/aromatic N) is 1. The van der Waals surface area contributed by atoms with E-state index in [0.29, 0.717) is 0 Å². The molecule has 0 spiro atoms. The quantitative estimate of drug-likeness (QED) is 0.186. The Kier molecular flexibility index (Phi) is 6.76. The average molecular weight is 590 g/mol. The van der Waals surface area contributed by atoms with Crippen molar-refractivity contribution in [2.24, 2.45) is 0 Å². The van der Waals surface area contributed by atoms with Crippen LogP contribution in [0.15, 0.2) is 140 Å². The van der Waals surface area contributed by atoms with Crippen LogP contribution in [0, 0.1) is 27.7 Å². The molecule has 0 fully saturated rings. The van der Waals surface area contributed by atoms with Gasteiger partial charge < -0.3 is 0 Å². The van der Waals surface area contributed by atoms with Gasteiger partial charge >= 0.3 is 0 Å². The second kappa shape index (κ2) is 11.1. The van der Waals surface area contributed by atoms with E-state index < -0.39 is 0 Å². The molecule has 1 heteroatoms. The second-order valence-electron chi connectivity index (χ2n) is 12.6. The Morgan fingerprint density at radius 2 is 0.804 bits per heavy atom. The first-order chi connectivity index (χ1) is 22.5. The predicted octanol–water partition coefficient (Wildman–Crippen LogP) is 12.4. The molecule has 1 aromatic heterocycles. The maximum Gasteiger partial charge on any atom is 0.0373 e. The molecule has 220 valence electrons. The smallest absolute Gasteiger partial charge is 0.0373 e. The van der Waals surface area contributed by atoms with Crippen LogP contribution in [0.3, 0.4) is 0 Å². The lowest BCUT2D eigenvalue weighted by atomic mass is 9.83. The van der Waals surface area contributed by atoms with Crippen LogP contribution in [0.5, 0.6) is 0 Å². The van der Waals surface area contributed by atoms with Gasteiger partial charge in [0.05, 0.1) is 0 Å². The van der Waals surface area contributed by atoms with Gasteiger partial charge in [0.1, 0.15) is 0 Å². The van der Waals surface area contributed by atoms with Crippen LogP contribution in [-0.2, 0) is 0 Å². The highest BCUT2D eigenvalue weighted by Crippen LogP contribution is 2.47. The monoisotopic (exact) mass is 589 g/mol. The Labute approximate surface area is 270 Å². The molecule has 0 amide bonds. The van der Waals surface area contributed by atoms with E-state index in [2.05, 4.69) is 159 Å². The fraction of sp³-hybridized carbons (Fsp3) is 0.0889. The number of hydrogen-bond acceptors (Lipinski definition) is 1. The van der Waals surface area contributed by atoms with Gasteiger partial charge in [0, 0.05) is 17.5 Å². The number of hydrogen-bond donors (Lipinski definition) is 0. The second-order valence-corrected chi connectivity index (χ2v) is 12.6. The molecule has 0 aliphatic heterocycles. The Morgan fingerprint density at radius 3 is 1.30 bits per heavy atom. The van der Waals surface area contributed by atoms with Gasteiger partial charge in [-0.3, -0.25) is 4.98 Å². The number of aryl methyl sites for hydroxylation is 4. The summed E-state index contributed by atoms with van der Waals surface area (Å²) in [5, 5.41) is 7.62. The Morgan fingerprint density at radius 1 is 0.370 bits per heavy atom. The lowest BCUT2D eigenvalue weighted by Crippen LogP contribution is -1.94. The summed E-state index contributed by atoms with van der Waals surface area (Å²) in [5.74, 6) is 0. The molecule has 0 radical (unpaired) electrons. The van der Waals surface area contributed by atoms with E-state index in [4.69, 9.17) is 0 Å². The highest BCUT2D eigenvalue weighted by molar-refractivity contribution is 6.24. The Balaban J connectivity index is 1.38. The first-order valence-electron chi connectivity index (χ1n) is 16.0. The topological polar surface area (TPSA) is 12.9 Å². The summed E-state index contributed by atoms with van der Waals surface area (Å²) >= 11 is 0. The molecule has 0 aliphatic carbocycles. The van der Waals surface area contributed by atoms with E-state index >= 15 is 0 Å². The summed E-state index contributed by atoms with van der Waals surface area (Å²) < 4.78 is 0. The van der Waals surface area contributed by atoms with Crippen molar-refractivity contribution in [2.75, 3.05) is 0 Å². The molecule has 1 heterocycles. The molecular weight excluding hydrogens is 555 g/mol. The number of aromatic nitrogens is 1. The molecule has 0 unspecified atom stereocenters. The van der Waals surface area contributed by atoms with Crippen molar-refractivity contribution in [1.82, 2.24) is 4.98 Å². The minimum Gasteiger partial charge on any atom is -0.261 e. The van der Waals surface area contributed by atoms with Gasteiger partial charge in [-0.2, -0.15) is 0 Å². The molecule has 8 aromatic rings. The summed E-state index contributed by atoms with van der Waals surface area (Å²) in [4.78, 5) is 4.51. The van der Waals surface area contributed by atoms with E-state index in [0.717, 1.165) is 11.3 Å². The zero-order chi connectivity index (χ0) is 31.4. The molecule has 0 bridgehead atoms. The first kappa shape index (κ1) is 28.0. The third-order valence-electron chi connectivity index (χ3n) is 9.49. The van der Waals surface area contributed by atoms with Gasteiger partial charge in [-0.05, 0) is 116 Å². The van der Waals surface area contributed by atoms with Crippen LogP contribution in [0.25, 0.3) is 76.8 Å². The van der Waals surface area contributed by atoms with Crippen molar-refractivity contribution < 1.29 is 0 Å². The maximum absolute atomic E-state index is 4.51. The maximum atomic E-state index is 4.51. The van der Waals surface area contributed by atoms with E-state index in [1.165, 1.54) is 88.0 Å². The van der Waals surface area contributed by atoms with Gasteiger partial charge in [-0.1, -0.05) is 133 Å². The molecule has 0 aliphatic rings. The number of pyridine rings is 1. The Hall–Kier alpha value is -5.53. The summed E-state index contributed by atoms with van der Waals surface area (Å²) in [7, 11) is 0. The third-order valence-corrected chi connectivity index (χ3v) is 9.49. The minimum atomic E-state index is 1.03.